The lowest BCUT2D eigenvalue weighted by Crippen LogP contribution is -2.23. The van der Waals surface area contributed by atoms with Crippen LogP contribution in [-0.4, -0.2) is 17.1 Å². The van der Waals surface area contributed by atoms with E-state index in [0.717, 1.165) is 34.3 Å². The largest absolute Gasteiger partial charge is 0.494 e. The average molecular weight is 413 g/mol. The van der Waals surface area contributed by atoms with Crippen molar-refractivity contribution in [1.29, 1.82) is 0 Å². The zero-order chi connectivity index (χ0) is 18.3. The molecule has 0 saturated heterocycles. The Labute approximate surface area is 158 Å². The van der Waals surface area contributed by atoms with Crippen LogP contribution in [0.3, 0.4) is 0 Å². The molecule has 4 rings (SSSR count). The monoisotopic (exact) mass is 412 g/mol. The number of halogens is 1. The summed E-state index contributed by atoms with van der Waals surface area (Å²) in [4.78, 5) is 25.6. The lowest BCUT2D eigenvalue weighted by Gasteiger charge is -2.10. The number of nitrogens with one attached hydrogen (secondary N) is 1. The molecule has 2 heterocycles. The van der Waals surface area contributed by atoms with Crippen LogP contribution in [0.25, 0.3) is 10.9 Å². The molecule has 0 spiro atoms. The van der Waals surface area contributed by atoms with Gasteiger partial charge in [0.1, 0.15) is 11.3 Å². The second-order valence-electron chi connectivity index (χ2n) is 6.19. The van der Waals surface area contributed by atoms with Gasteiger partial charge in [-0.05, 0) is 55.3 Å². The lowest BCUT2D eigenvalue weighted by atomic mass is 10.1. The van der Waals surface area contributed by atoms with Crippen molar-refractivity contribution in [2.75, 3.05) is 11.9 Å². The van der Waals surface area contributed by atoms with Gasteiger partial charge in [-0.3, -0.25) is 9.59 Å². The van der Waals surface area contributed by atoms with E-state index in [-0.39, 0.29) is 11.0 Å². The molecule has 132 valence electrons. The Balaban J connectivity index is 1.70. The van der Waals surface area contributed by atoms with E-state index in [1.807, 2.05) is 17.6 Å². The number of pyridine rings is 1. The number of carbonyl (C=O) groups is 1. The van der Waals surface area contributed by atoms with Crippen molar-refractivity contribution < 1.29 is 9.53 Å². The minimum absolute atomic E-state index is 0.150. The summed E-state index contributed by atoms with van der Waals surface area (Å²) in [5.74, 6) is 0.333. The minimum atomic E-state index is -0.404. The van der Waals surface area contributed by atoms with Crippen LogP contribution >= 0.6 is 15.9 Å². The Morgan fingerprint density at radius 1 is 1.27 bits per heavy atom. The number of aryl methyl sites for hydroxylation is 2. The van der Waals surface area contributed by atoms with E-state index in [4.69, 9.17) is 4.74 Å². The highest BCUT2D eigenvalue weighted by molar-refractivity contribution is 9.10. The molecule has 0 fully saturated rings. The SMILES string of the molecule is CCOc1ccc(NC(=O)c2cn3c4c(cc(Br)cc4c2=O)CC3)cc1. The first-order valence-electron chi connectivity index (χ1n) is 8.46. The molecule has 0 unspecified atom stereocenters. The van der Waals surface area contributed by atoms with Gasteiger partial charge < -0.3 is 14.6 Å². The molecule has 1 amide bonds. The predicted molar refractivity (Wildman–Crippen MR) is 105 cm³/mol. The van der Waals surface area contributed by atoms with Crippen molar-refractivity contribution in [2.24, 2.45) is 0 Å². The van der Waals surface area contributed by atoms with E-state index in [9.17, 15) is 9.59 Å². The highest BCUT2D eigenvalue weighted by atomic mass is 79.9. The normalized spacial score (nSPS) is 12.4. The van der Waals surface area contributed by atoms with Gasteiger partial charge in [0.25, 0.3) is 5.91 Å². The van der Waals surface area contributed by atoms with E-state index < -0.39 is 5.91 Å². The van der Waals surface area contributed by atoms with Gasteiger partial charge in [0.15, 0.2) is 0 Å². The van der Waals surface area contributed by atoms with Crippen molar-refractivity contribution in [2.45, 2.75) is 19.9 Å². The number of anilines is 1. The summed E-state index contributed by atoms with van der Waals surface area (Å²) in [7, 11) is 0. The summed E-state index contributed by atoms with van der Waals surface area (Å²) in [5.41, 5.74) is 2.58. The van der Waals surface area contributed by atoms with Crippen molar-refractivity contribution in [3.05, 3.63) is 68.4 Å². The number of ether oxygens (including phenoxy) is 1. The van der Waals surface area contributed by atoms with E-state index in [2.05, 4.69) is 21.2 Å². The molecule has 1 aliphatic heterocycles. The number of aromatic nitrogens is 1. The molecule has 1 N–H and O–H groups in total. The maximum Gasteiger partial charge on any atom is 0.261 e. The smallest absolute Gasteiger partial charge is 0.261 e. The van der Waals surface area contributed by atoms with Crippen LogP contribution in [-0.2, 0) is 13.0 Å². The zero-order valence-corrected chi connectivity index (χ0v) is 15.8. The quantitative estimate of drug-likeness (QED) is 0.704. The number of benzene rings is 2. The Morgan fingerprint density at radius 3 is 2.77 bits per heavy atom. The fraction of sp³-hybridized carbons (Fsp3) is 0.200. The fourth-order valence-corrected chi connectivity index (χ4v) is 3.87. The maximum atomic E-state index is 12.9. The van der Waals surface area contributed by atoms with Crippen LogP contribution < -0.4 is 15.5 Å². The van der Waals surface area contributed by atoms with Gasteiger partial charge >= 0.3 is 0 Å². The van der Waals surface area contributed by atoms with Crippen LogP contribution in [0.5, 0.6) is 5.75 Å². The van der Waals surface area contributed by atoms with E-state index in [1.165, 1.54) is 0 Å². The van der Waals surface area contributed by atoms with Gasteiger partial charge in [-0.15, -0.1) is 0 Å². The second kappa shape index (κ2) is 6.61. The molecule has 0 aliphatic carbocycles. The van der Waals surface area contributed by atoms with Crippen molar-refractivity contribution in [3.8, 4) is 5.75 Å². The fourth-order valence-electron chi connectivity index (χ4n) is 3.36. The molecule has 2 aromatic carbocycles. The molecule has 0 bridgehead atoms. The number of hydrogen-bond acceptors (Lipinski definition) is 3. The number of rotatable bonds is 4. The third-order valence-corrected chi connectivity index (χ3v) is 4.96. The molecular formula is C20H17BrN2O3. The summed E-state index contributed by atoms with van der Waals surface area (Å²) in [6, 6.07) is 10.9. The Bertz CT molecular complexity index is 1070. The molecule has 0 atom stereocenters. The van der Waals surface area contributed by atoms with Gasteiger partial charge in [0, 0.05) is 28.3 Å². The molecule has 1 aromatic heterocycles. The van der Waals surface area contributed by atoms with Gasteiger partial charge in [0.05, 0.1) is 12.1 Å². The number of nitrogens with zero attached hydrogens (tertiary/aromatic N) is 1. The highest BCUT2D eigenvalue weighted by Crippen LogP contribution is 2.28. The van der Waals surface area contributed by atoms with Gasteiger partial charge in [-0.1, -0.05) is 15.9 Å². The van der Waals surface area contributed by atoms with Crippen LogP contribution in [0.1, 0.15) is 22.8 Å². The standard InChI is InChI=1S/C20H17BrN2O3/c1-2-26-15-5-3-14(4-6-15)22-20(25)17-11-23-8-7-12-9-13(21)10-16(18(12)23)19(17)24/h3-6,9-11H,2,7-8H2,1H3,(H,22,25). The summed E-state index contributed by atoms with van der Waals surface area (Å²) in [5, 5.41) is 3.37. The number of hydrogen-bond donors (Lipinski definition) is 1. The summed E-state index contributed by atoms with van der Waals surface area (Å²) in [6.07, 6.45) is 2.53. The zero-order valence-electron chi connectivity index (χ0n) is 14.2. The van der Waals surface area contributed by atoms with Crippen molar-refractivity contribution in [1.82, 2.24) is 4.57 Å². The average Bonchev–Trinajstić information content (AvgIpc) is 3.03. The van der Waals surface area contributed by atoms with Crippen LogP contribution in [0.15, 0.2) is 51.9 Å². The Morgan fingerprint density at radius 2 is 2.04 bits per heavy atom. The molecule has 3 aromatic rings. The van der Waals surface area contributed by atoms with Gasteiger partial charge in [-0.2, -0.15) is 0 Å². The Kier molecular flexibility index (Phi) is 4.28. The van der Waals surface area contributed by atoms with E-state index in [1.54, 1.807) is 36.5 Å². The maximum absolute atomic E-state index is 12.9. The Hall–Kier alpha value is -2.60. The summed E-state index contributed by atoms with van der Waals surface area (Å²) in [6.45, 7) is 3.27. The van der Waals surface area contributed by atoms with Crippen LogP contribution in [0.2, 0.25) is 0 Å². The molecule has 0 saturated carbocycles. The van der Waals surface area contributed by atoms with Crippen LogP contribution in [0, 0.1) is 0 Å². The first-order valence-corrected chi connectivity index (χ1v) is 9.26. The molecule has 6 heteroatoms. The van der Waals surface area contributed by atoms with Crippen molar-refractivity contribution >= 4 is 38.4 Å². The summed E-state index contributed by atoms with van der Waals surface area (Å²) < 4.78 is 8.24. The predicted octanol–water partition coefficient (Wildman–Crippen LogP) is 3.97. The molecule has 26 heavy (non-hydrogen) atoms. The van der Waals surface area contributed by atoms with Gasteiger partial charge in [0.2, 0.25) is 5.43 Å². The topological polar surface area (TPSA) is 60.3 Å². The third kappa shape index (κ3) is 2.90. The summed E-state index contributed by atoms with van der Waals surface area (Å²) >= 11 is 3.46. The van der Waals surface area contributed by atoms with Gasteiger partial charge in [-0.25, -0.2) is 0 Å². The molecule has 5 nitrogen and oxygen atoms in total. The van der Waals surface area contributed by atoms with Crippen molar-refractivity contribution in [3.63, 3.8) is 0 Å². The second-order valence-corrected chi connectivity index (χ2v) is 7.10. The van der Waals surface area contributed by atoms with Crippen LogP contribution in [0.4, 0.5) is 5.69 Å². The van der Waals surface area contributed by atoms with E-state index in [0.29, 0.717) is 17.7 Å². The molecular weight excluding hydrogens is 396 g/mol. The number of amides is 1. The lowest BCUT2D eigenvalue weighted by molar-refractivity contribution is 0.102. The first kappa shape index (κ1) is 16.8. The molecule has 0 radical (unpaired) electrons. The number of carbonyl (C=O) groups excluding carboxylic acids is 1. The minimum Gasteiger partial charge on any atom is -0.494 e. The third-order valence-electron chi connectivity index (χ3n) is 4.50. The highest BCUT2D eigenvalue weighted by Gasteiger charge is 2.21. The van der Waals surface area contributed by atoms with E-state index >= 15 is 0 Å². The molecule has 1 aliphatic rings. The first-order chi connectivity index (χ1) is 12.6.